The van der Waals surface area contributed by atoms with Gasteiger partial charge in [0.25, 0.3) is 6.43 Å². The Morgan fingerprint density at radius 3 is 1.81 bits per heavy atom. The summed E-state index contributed by atoms with van der Waals surface area (Å²) in [7, 11) is 0. The van der Waals surface area contributed by atoms with E-state index in [-0.39, 0.29) is 5.41 Å². The van der Waals surface area contributed by atoms with Crippen LogP contribution in [0.1, 0.15) is 44.7 Å². The van der Waals surface area contributed by atoms with Gasteiger partial charge in [0.1, 0.15) is 24.2 Å². The molecule has 1 atom stereocenters. The second kappa shape index (κ2) is 9.70. The Labute approximate surface area is 159 Å². The molecule has 2 aromatic carbocycles. The minimum Gasteiger partial charge on any atom is -0.494 e. The van der Waals surface area contributed by atoms with Crippen molar-refractivity contribution in [1.29, 1.82) is 0 Å². The number of alkyl halides is 2. The first-order valence-electron chi connectivity index (χ1n) is 9.27. The third-order valence-corrected chi connectivity index (χ3v) is 4.63. The molecule has 148 valence electrons. The van der Waals surface area contributed by atoms with Crippen LogP contribution < -0.4 is 9.47 Å². The molecule has 1 unspecified atom stereocenters. The molecule has 2 rings (SSSR count). The van der Waals surface area contributed by atoms with Crippen LogP contribution in [0.25, 0.3) is 0 Å². The summed E-state index contributed by atoms with van der Waals surface area (Å²) < 4.78 is 35.6. The highest BCUT2D eigenvalue weighted by atomic mass is 19.3. The van der Waals surface area contributed by atoms with Crippen molar-refractivity contribution >= 4 is 0 Å². The van der Waals surface area contributed by atoms with Crippen LogP contribution in [-0.4, -0.2) is 30.8 Å². The molecule has 0 saturated carbocycles. The molecule has 0 amide bonds. The fourth-order valence-corrected chi connectivity index (χ4v) is 2.69. The predicted octanol–water partition coefficient (Wildman–Crippen LogP) is 5.20. The lowest BCUT2D eigenvalue weighted by molar-refractivity contribution is -0.0283. The third-order valence-electron chi connectivity index (χ3n) is 4.63. The van der Waals surface area contributed by atoms with E-state index in [0.717, 1.165) is 36.3 Å². The molecule has 0 aromatic heterocycles. The average molecular weight is 378 g/mol. The van der Waals surface area contributed by atoms with E-state index in [1.807, 2.05) is 24.3 Å². The second-order valence-electron chi connectivity index (χ2n) is 7.09. The molecule has 0 bridgehead atoms. The van der Waals surface area contributed by atoms with E-state index in [4.69, 9.17) is 14.6 Å². The zero-order valence-corrected chi connectivity index (χ0v) is 16.1. The highest BCUT2D eigenvalue weighted by Crippen LogP contribution is 2.33. The van der Waals surface area contributed by atoms with Gasteiger partial charge in [0.2, 0.25) is 0 Å². The largest absolute Gasteiger partial charge is 0.494 e. The minimum atomic E-state index is -2.81. The van der Waals surface area contributed by atoms with E-state index < -0.39 is 19.1 Å². The van der Waals surface area contributed by atoms with Crippen LogP contribution in [0.3, 0.4) is 0 Å². The van der Waals surface area contributed by atoms with Gasteiger partial charge in [-0.05, 0) is 41.8 Å². The Morgan fingerprint density at radius 1 is 0.889 bits per heavy atom. The number of halogens is 2. The Morgan fingerprint density at radius 2 is 1.37 bits per heavy atom. The predicted molar refractivity (Wildman–Crippen MR) is 103 cm³/mol. The number of hydrogen-bond acceptors (Lipinski definition) is 3. The first kappa shape index (κ1) is 21.2. The maximum atomic E-state index is 12.3. The van der Waals surface area contributed by atoms with Crippen LogP contribution in [0.15, 0.2) is 48.5 Å². The van der Waals surface area contributed by atoms with Gasteiger partial charge in [0, 0.05) is 5.41 Å². The number of benzene rings is 2. The van der Waals surface area contributed by atoms with Crippen molar-refractivity contribution in [3.05, 3.63) is 59.7 Å². The molecule has 3 nitrogen and oxygen atoms in total. The summed E-state index contributed by atoms with van der Waals surface area (Å²) in [6, 6.07) is 15.4. The number of rotatable bonds is 10. The van der Waals surface area contributed by atoms with Gasteiger partial charge in [-0.25, -0.2) is 8.78 Å². The number of aliphatic hydroxyl groups is 1. The van der Waals surface area contributed by atoms with E-state index in [2.05, 4.69) is 32.9 Å². The van der Waals surface area contributed by atoms with Gasteiger partial charge in [-0.2, -0.15) is 0 Å². The van der Waals surface area contributed by atoms with Crippen molar-refractivity contribution in [2.75, 3.05) is 13.2 Å². The summed E-state index contributed by atoms with van der Waals surface area (Å²) in [5, 5.41) is 9.13. The normalized spacial score (nSPS) is 12.9. The molecule has 1 N–H and O–H groups in total. The molecule has 0 saturated heterocycles. The van der Waals surface area contributed by atoms with E-state index in [9.17, 15) is 8.78 Å². The Balaban J connectivity index is 2.03. The topological polar surface area (TPSA) is 38.7 Å². The number of hydrogen-bond donors (Lipinski definition) is 1. The maximum Gasteiger partial charge on any atom is 0.267 e. The van der Waals surface area contributed by atoms with Crippen molar-refractivity contribution < 1.29 is 23.4 Å². The Kier molecular flexibility index (Phi) is 7.60. The molecule has 0 aliphatic rings. The summed E-state index contributed by atoms with van der Waals surface area (Å²) in [4.78, 5) is 0. The van der Waals surface area contributed by atoms with Gasteiger partial charge in [-0.1, -0.05) is 51.5 Å². The summed E-state index contributed by atoms with van der Waals surface area (Å²) in [5.41, 5.74) is 1.99. The molecule has 5 heteroatoms. The first-order valence-corrected chi connectivity index (χ1v) is 9.27. The standard InChI is InChI=1S/C22H28F2O3/c1-4-5-14-26-18-10-6-16(7-11-18)22(2,3)17-8-12-19(13-9-17)27-15-20(25)21(23)24/h6-13,20-21,25H,4-5,14-15H2,1-3H3. The first-order chi connectivity index (χ1) is 12.8. The minimum absolute atomic E-state index is 0.233. The molecule has 0 aliphatic heterocycles. The Bertz CT molecular complexity index is 682. The highest BCUT2D eigenvalue weighted by molar-refractivity contribution is 5.41. The molecule has 0 radical (unpaired) electrons. The van der Waals surface area contributed by atoms with Gasteiger partial charge in [0.05, 0.1) is 6.61 Å². The maximum absolute atomic E-state index is 12.3. The lowest BCUT2D eigenvalue weighted by atomic mass is 9.78. The summed E-state index contributed by atoms with van der Waals surface area (Å²) in [5.74, 6) is 1.32. The molecule has 27 heavy (non-hydrogen) atoms. The smallest absolute Gasteiger partial charge is 0.267 e. The zero-order chi connectivity index (χ0) is 19.9. The van der Waals surface area contributed by atoms with E-state index >= 15 is 0 Å². The lowest BCUT2D eigenvalue weighted by Crippen LogP contribution is -2.25. The van der Waals surface area contributed by atoms with Crippen molar-refractivity contribution in [3.8, 4) is 11.5 Å². The van der Waals surface area contributed by atoms with Crippen LogP contribution in [0.2, 0.25) is 0 Å². The fraction of sp³-hybridized carbons (Fsp3) is 0.455. The van der Waals surface area contributed by atoms with Crippen LogP contribution >= 0.6 is 0 Å². The number of unbranched alkanes of at least 4 members (excludes halogenated alkanes) is 1. The second-order valence-corrected chi connectivity index (χ2v) is 7.09. The van der Waals surface area contributed by atoms with Gasteiger partial charge in [0.15, 0.2) is 0 Å². The number of aliphatic hydroxyl groups excluding tert-OH is 1. The Hall–Kier alpha value is -2.14. The van der Waals surface area contributed by atoms with Crippen molar-refractivity contribution in [2.45, 2.75) is 51.6 Å². The molecule has 2 aromatic rings. The average Bonchev–Trinajstić information content (AvgIpc) is 2.67. The summed E-state index contributed by atoms with van der Waals surface area (Å²) in [6.45, 7) is 6.67. The zero-order valence-electron chi connectivity index (χ0n) is 16.1. The van der Waals surface area contributed by atoms with Gasteiger partial charge >= 0.3 is 0 Å². The summed E-state index contributed by atoms with van der Waals surface area (Å²) >= 11 is 0. The molecular weight excluding hydrogens is 350 g/mol. The van der Waals surface area contributed by atoms with Gasteiger partial charge in [-0.15, -0.1) is 0 Å². The van der Waals surface area contributed by atoms with E-state index in [0.29, 0.717) is 5.75 Å². The van der Waals surface area contributed by atoms with Crippen molar-refractivity contribution in [1.82, 2.24) is 0 Å². The fourth-order valence-electron chi connectivity index (χ4n) is 2.69. The van der Waals surface area contributed by atoms with Crippen molar-refractivity contribution in [3.63, 3.8) is 0 Å². The van der Waals surface area contributed by atoms with Crippen LogP contribution in [0.5, 0.6) is 11.5 Å². The molecule has 0 fully saturated rings. The van der Waals surface area contributed by atoms with Gasteiger partial charge < -0.3 is 14.6 Å². The van der Waals surface area contributed by atoms with E-state index in [1.165, 1.54) is 0 Å². The quantitative estimate of drug-likeness (QED) is 0.578. The molecule has 0 spiro atoms. The highest BCUT2D eigenvalue weighted by Gasteiger charge is 2.23. The van der Waals surface area contributed by atoms with Gasteiger partial charge in [-0.3, -0.25) is 0 Å². The van der Waals surface area contributed by atoms with Crippen LogP contribution in [-0.2, 0) is 5.41 Å². The molecule has 0 aliphatic carbocycles. The van der Waals surface area contributed by atoms with Crippen LogP contribution in [0.4, 0.5) is 8.78 Å². The van der Waals surface area contributed by atoms with E-state index in [1.54, 1.807) is 12.1 Å². The molecule has 0 heterocycles. The van der Waals surface area contributed by atoms with Crippen LogP contribution in [0, 0.1) is 0 Å². The monoisotopic (exact) mass is 378 g/mol. The SMILES string of the molecule is CCCCOc1ccc(C(C)(C)c2ccc(OCC(O)C(F)F)cc2)cc1. The third kappa shape index (κ3) is 5.93. The lowest BCUT2D eigenvalue weighted by Gasteiger charge is -2.26. The molecular formula is C22H28F2O3. The van der Waals surface area contributed by atoms with Crippen molar-refractivity contribution in [2.24, 2.45) is 0 Å². The summed E-state index contributed by atoms with van der Waals surface area (Å²) in [6.07, 6.45) is -2.45. The number of ether oxygens (including phenoxy) is 2.